The van der Waals surface area contributed by atoms with Crippen LogP contribution in [0, 0.1) is 5.92 Å². The molecule has 0 saturated heterocycles. The number of anilines is 1. The third-order valence-electron chi connectivity index (χ3n) is 3.88. The largest absolute Gasteiger partial charge is 0.383 e. The number of carbonyl (C=O) groups is 1. The summed E-state index contributed by atoms with van der Waals surface area (Å²) in [7, 11) is 0. The minimum atomic E-state index is -0.114. The molecule has 104 valence electrons. The van der Waals surface area contributed by atoms with Gasteiger partial charge in [-0.05, 0) is 40.8 Å². The SMILES string of the molecule is CCC1CCCCC1NC(=O)c1cc(Br)cnc1N. The summed E-state index contributed by atoms with van der Waals surface area (Å²) >= 11 is 3.32. The first-order chi connectivity index (χ1) is 9.11. The van der Waals surface area contributed by atoms with E-state index in [4.69, 9.17) is 5.73 Å². The highest BCUT2D eigenvalue weighted by Crippen LogP contribution is 2.27. The van der Waals surface area contributed by atoms with E-state index in [1.807, 2.05) is 0 Å². The summed E-state index contributed by atoms with van der Waals surface area (Å²) in [6.45, 7) is 2.18. The molecule has 19 heavy (non-hydrogen) atoms. The topological polar surface area (TPSA) is 68.0 Å². The van der Waals surface area contributed by atoms with Gasteiger partial charge in [0.2, 0.25) is 0 Å². The minimum Gasteiger partial charge on any atom is -0.383 e. The summed E-state index contributed by atoms with van der Waals surface area (Å²) < 4.78 is 0.766. The highest BCUT2D eigenvalue weighted by Gasteiger charge is 2.26. The van der Waals surface area contributed by atoms with Crippen LogP contribution in [0.2, 0.25) is 0 Å². The number of halogens is 1. The Hall–Kier alpha value is -1.10. The van der Waals surface area contributed by atoms with Crippen LogP contribution in [-0.4, -0.2) is 16.9 Å². The quantitative estimate of drug-likeness (QED) is 0.897. The van der Waals surface area contributed by atoms with Crippen molar-refractivity contribution in [3.63, 3.8) is 0 Å². The Balaban J connectivity index is 2.09. The first-order valence-electron chi connectivity index (χ1n) is 6.83. The van der Waals surface area contributed by atoms with Crippen LogP contribution < -0.4 is 11.1 Å². The van der Waals surface area contributed by atoms with Gasteiger partial charge in [-0.25, -0.2) is 4.98 Å². The Kier molecular flexibility index (Phi) is 4.80. The van der Waals surface area contributed by atoms with Crippen LogP contribution in [0.4, 0.5) is 5.82 Å². The lowest BCUT2D eigenvalue weighted by Crippen LogP contribution is -2.42. The summed E-state index contributed by atoms with van der Waals surface area (Å²) in [5.41, 5.74) is 6.22. The zero-order valence-corrected chi connectivity index (χ0v) is 12.7. The van der Waals surface area contributed by atoms with Crippen LogP contribution in [0.25, 0.3) is 0 Å². The number of nitrogens with two attached hydrogens (primary N) is 1. The number of nitrogen functional groups attached to an aromatic ring is 1. The molecule has 4 nitrogen and oxygen atoms in total. The number of rotatable bonds is 3. The summed E-state index contributed by atoms with van der Waals surface area (Å²) in [6.07, 6.45) is 7.43. The smallest absolute Gasteiger partial charge is 0.255 e. The molecule has 2 atom stereocenters. The normalized spacial score (nSPS) is 23.1. The third kappa shape index (κ3) is 3.47. The van der Waals surface area contributed by atoms with Crippen molar-refractivity contribution in [3.8, 4) is 0 Å². The second kappa shape index (κ2) is 6.37. The Morgan fingerprint density at radius 1 is 1.53 bits per heavy atom. The van der Waals surface area contributed by atoms with Crippen LogP contribution in [0.15, 0.2) is 16.7 Å². The molecule has 1 saturated carbocycles. The van der Waals surface area contributed by atoms with Gasteiger partial charge in [-0.2, -0.15) is 0 Å². The molecule has 5 heteroatoms. The lowest BCUT2D eigenvalue weighted by molar-refractivity contribution is 0.0905. The Morgan fingerprint density at radius 2 is 2.26 bits per heavy atom. The van der Waals surface area contributed by atoms with Crippen LogP contribution >= 0.6 is 15.9 Å². The molecular formula is C14H20BrN3O. The van der Waals surface area contributed by atoms with Gasteiger partial charge in [0.25, 0.3) is 5.91 Å². The van der Waals surface area contributed by atoms with Crippen molar-refractivity contribution in [2.24, 2.45) is 5.92 Å². The van der Waals surface area contributed by atoms with E-state index in [1.165, 1.54) is 19.3 Å². The highest BCUT2D eigenvalue weighted by atomic mass is 79.9. The van der Waals surface area contributed by atoms with Crippen molar-refractivity contribution >= 4 is 27.7 Å². The molecule has 1 amide bonds. The predicted molar refractivity (Wildman–Crippen MR) is 79.9 cm³/mol. The number of amides is 1. The zero-order valence-electron chi connectivity index (χ0n) is 11.2. The van der Waals surface area contributed by atoms with E-state index in [-0.39, 0.29) is 17.8 Å². The zero-order chi connectivity index (χ0) is 13.8. The van der Waals surface area contributed by atoms with Crippen LogP contribution in [0.1, 0.15) is 49.4 Å². The molecule has 0 spiro atoms. The molecule has 0 aromatic carbocycles. The fourth-order valence-electron chi connectivity index (χ4n) is 2.76. The first kappa shape index (κ1) is 14.3. The molecule has 3 N–H and O–H groups in total. The third-order valence-corrected chi connectivity index (χ3v) is 4.31. The predicted octanol–water partition coefficient (Wildman–Crippen LogP) is 3.12. The van der Waals surface area contributed by atoms with E-state index in [0.29, 0.717) is 11.5 Å². The van der Waals surface area contributed by atoms with Crippen molar-refractivity contribution < 1.29 is 4.79 Å². The van der Waals surface area contributed by atoms with Gasteiger partial charge in [-0.1, -0.05) is 26.2 Å². The molecule has 1 aromatic rings. The summed E-state index contributed by atoms with van der Waals surface area (Å²) in [5, 5.41) is 3.12. The molecule has 0 radical (unpaired) electrons. The molecule has 1 heterocycles. The summed E-state index contributed by atoms with van der Waals surface area (Å²) in [6, 6.07) is 1.99. The molecule has 2 rings (SSSR count). The van der Waals surface area contributed by atoms with Crippen LogP contribution in [0.5, 0.6) is 0 Å². The van der Waals surface area contributed by atoms with Gasteiger partial charge < -0.3 is 11.1 Å². The Morgan fingerprint density at radius 3 is 3.00 bits per heavy atom. The maximum atomic E-state index is 12.3. The van der Waals surface area contributed by atoms with E-state index in [2.05, 4.69) is 33.2 Å². The van der Waals surface area contributed by atoms with Crippen molar-refractivity contribution in [2.45, 2.75) is 45.1 Å². The van der Waals surface area contributed by atoms with Gasteiger partial charge in [-0.15, -0.1) is 0 Å². The van der Waals surface area contributed by atoms with Gasteiger partial charge in [0, 0.05) is 16.7 Å². The second-order valence-electron chi connectivity index (χ2n) is 5.12. The number of carbonyl (C=O) groups excluding carboxylic acids is 1. The maximum absolute atomic E-state index is 12.3. The Labute approximate surface area is 122 Å². The molecular weight excluding hydrogens is 306 g/mol. The number of aromatic nitrogens is 1. The van der Waals surface area contributed by atoms with Gasteiger partial charge >= 0.3 is 0 Å². The molecule has 1 aromatic heterocycles. The van der Waals surface area contributed by atoms with E-state index >= 15 is 0 Å². The molecule has 1 aliphatic carbocycles. The van der Waals surface area contributed by atoms with Crippen LogP contribution in [-0.2, 0) is 0 Å². The molecule has 1 fully saturated rings. The van der Waals surface area contributed by atoms with Crippen LogP contribution in [0.3, 0.4) is 0 Å². The lowest BCUT2D eigenvalue weighted by Gasteiger charge is -2.31. The fraction of sp³-hybridized carbons (Fsp3) is 0.571. The van der Waals surface area contributed by atoms with Gasteiger partial charge in [0.05, 0.1) is 5.56 Å². The van der Waals surface area contributed by atoms with Crippen molar-refractivity contribution in [2.75, 3.05) is 5.73 Å². The van der Waals surface area contributed by atoms with Gasteiger partial charge in [0.1, 0.15) is 5.82 Å². The fourth-order valence-corrected chi connectivity index (χ4v) is 3.10. The maximum Gasteiger partial charge on any atom is 0.255 e. The van der Waals surface area contributed by atoms with E-state index in [0.717, 1.165) is 17.3 Å². The van der Waals surface area contributed by atoms with Crippen molar-refractivity contribution in [3.05, 3.63) is 22.3 Å². The minimum absolute atomic E-state index is 0.114. The average Bonchev–Trinajstić information content (AvgIpc) is 2.42. The molecule has 0 aliphatic heterocycles. The van der Waals surface area contributed by atoms with E-state index in [9.17, 15) is 4.79 Å². The highest BCUT2D eigenvalue weighted by molar-refractivity contribution is 9.10. The van der Waals surface area contributed by atoms with Gasteiger partial charge in [0.15, 0.2) is 0 Å². The lowest BCUT2D eigenvalue weighted by atomic mass is 9.83. The van der Waals surface area contributed by atoms with E-state index < -0.39 is 0 Å². The monoisotopic (exact) mass is 325 g/mol. The van der Waals surface area contributed by atoms with Crippen molar-refractivity contribution in [1.29, 1.82) is 0 Å². The Bertz CT molecular complexity index is 464. The molecule has 2 unspecified atom stereocenters. The number of pyridine rings is 1. The summed E-state index contributed by atoms with van der Waals surface area (Å²) in [5.74, 6) is 0.750. The van der Waals surface area contributed by atoms with E-state index in [1.54, 1.807) is 12.3 Å². The summed E-state index contributed by atoms with van der Waals surface area (Å²) in [4.78, 5) is 16.3. The average molecular weight is 326 g/mol. The van der Waals surface area contributed by atoms with Gasteiger partial charge in [-0.3, -0.25) is 4.79 Å². The standard InChI is InChI=1S/C14H20BrN3O/c1-2-9-5-3-4-6-12(9)18-14(19)11-7-10(15)8-17-13(11)16/h7-9,12H,2-6H2,1H3,(H2,16,17)(H,18,19). The number of nitrogens with zero attached hydrogens (tertiary/aromatic N) is 1. The molecule has 0 bridgehead atoms. The number of hydrogen-bond donors (Lipinski definition) is 2. The second-order valence-corrected chi connectivity index (χ2v) is 6.03. The number of nitrogens with one attached hydrogen (secondary N) is 1. The van der Waals surface area contributed by atoms with Crippen molar-refractivity contribution in [1.82, 2.24) is 10.3 Å². The first-order valence-corrected chi connectivity index (χ1v) is 7.63. The molecule has 1 aliphatic rings. The number of hydrogen-bond acceptors (Lipinski definition) is 3.